The van der Waals surface area contributed by atoms with Crippen LogP contribution in [0.4, 0.5) is 11.5 Å². The number of carbonyl (C=O) groups excluding carboxylic acids is 1. The average molecular weight is 388 g/mol. The van der Waals surface area contributed by atoms with Gasteiger partial charge in [-0.2, -0.15) is 4.31 Å². The molecule has 27 heavy (non-hydrogen) atoms. The molecule has 2 aromatic rings. The van der Waals surface area contributed by atoms with Crippen LogP contribution in [0.25, 0.3) is 0 Å². The van der Waals surface area contributed by atoms with Gasteiger partial charge in [-0.1, -0.05) is 12.5 Å². The number of aromatic nitrogens is 1. The van der Waals surface area contributed by atoms with Gasteiger partial charge in [0.15, 0.2) is 0 Å². The quantitative estimate of drug-likeness (QED) is 0.838. The van der Waals surface area contributed by atoms with Gasteiger partial charge in [-0.25, -0.2) is 13.4 Å². The van der Waals surface area contributed by atoms with Crippen molar-refractivity contribution in [2.45, 2.75) is 44.0 Å². The number of piperidine rings is 1. The maximum atomic E-state index is 13.0. The van der Waals surface area contributed by atoms with E-state index in [1.54, 1.807) is 31.2 Å². The third-order valence-corrected chi connectivity index (χ3v) is 6.86. The van der Waals surface area contributed by atoms with Crippen LogP contribution in [0.3, 0.4) is 0 Å². The number of amides is 1. The van der Waals surface area contributed by atoms with E-state index >= 15 is 0 Å². The van der Waals surface area contributed by atoms with Gasteiger partial charge in [0.05, 0.1) is 16.8 Å². The summed E-state index contributed by atoms with van der Waals surface area (Å²) in [5, 5.41) is 2.73. The highest BCUT2D eigenvalue weighted by atomic mass is 32.2. The van der Waals surface area contributed by atoms with Crippen molar-refractivity contribution >= 4 is 27.4 Å². The van der Waals surface area contributed by atoms with Gasteiger partial charge in [0.1, 0.15) is 5.82 Å². The van der Waals surface area contributed by atoms with Crippen LogP contribution in [-0.4, -0.2) is 36.2 Å². The summed E-state index contributed by atoms with van der Waals surface area (Å²) in [5.41, 5.74) is 7.05. The number of benzene rings is 1. The van der Waals surface area contributed by atoms with Crippen LogP contribution in [0.15, 0.2) is 41.4 Å². The molecule has 3 rings (SSSR count). The minimum absolute atomic E-state index is 0.0387. The van der Waals surface area contributed by atoms with Gasteiger partial charge in [-0.15, -0.1) is 0 Å². The molecule has 0 spiro atoms. The molecular formula is C19H24N4O3S. The lowest BCUT2D eigenvalue weighted by Crippen LogP contribution is -2.42. The first-order valence-corrected chi connectivity index (χ1v) is 10.4. The van der Waals surface area contributed by atoms with E-state index in [1.807, 2.05) is 6.92 Å². The number of hydrogen-bond acceptors (Lipinski definition) is 5. The molecule has 7 nitrogen and oxygen atoms in total. The van der Waals surface area contributed by atoms with Crippen LogP contribution in [0.5, 0.6) is 0 Å². The number of anilines is 2. The smallest absolute Gasteiger partial charge is 0.256 e. The van der Waals surface area contributed by atoms with Crippen molar-refractivity contribution in [3.05, 3.63) is 47.7 Å². The van der Waals surface area contributed by atoms with Crippen LogP contribution >= 0.6 is 0 Å². The fourth-order valence-corrected chi connectivity index (χ4v) is 4.97. The number of rotatable bonds is 4. The van der Waals surface area contributed by atoms with Crippen molar-refractivity contribution < 1.29 is 13.2 Å². The lowest BCUT2D eigenvalue weighted by Gasteiger charge is -2.32. The van der Waals surface area contributed by atoms with Gasteiger partial charge in [0.2, 0.25) is 10.0 Å². The summed E-state index contributed by atoms with van der Waals surface area (Å²) in [6.07, 6.45) is 4.19. The van der Waals surface area contributed by atoms with Crippen molar-refractivity contribution in [3.63, 3.8) is 0 Å². The number of sulfonamides is 1. The van der Waals surface area contributed by atoms with Gasteiger partial charge < -0.3 is 11.1 Å². The molecule has 1 fully saturated rings. The fraction of sp³-hybridized carbons (Fsp3) is 0.368. The highest BCUT2D eigenvalue weighted by Gasteiger charge is 2.31. The molecular weight excluding hydrogens is 364 g/mol. The molecule has 1 aromatic carbocycles. The van der Waals surface area contributed by atoms with Crippen LogP contribution in [0.1, 0.15) is 42.1 Å². The Hall–Kier alpha value is -2.45. The molecule has 0 saturated carbocycles. The zero-order valence-electron chi connectivity index (χ0n) is 15.5. The highest BCUT2D eigenvalue weighted by Crippen LogP contribution is 2.26. The molecule has 0 aliphatic carbocycles. The predicted octanol–water partition coefficient (Wildman–Crippen LogP) is 2.79. The standard InChI is InChI=1S/C19H24N4O3S/c1-13-6-8-16(27(25,26)23-10-4-3-5-14(23)2)11-17(13)19(24)22-15-7-9-18(20)21-12-15/h6-9,11-12,14H,3-5,10H2,1-2H3,(H2,20,21)(H,22,24). The zero-order valence-corrected chi connectivity index (χ0v) is 16.3. The van der Waals surface area contributed by atoms with E-state index in [0.717, 1.165) is 19.3 Å². The van der Waals surface area contributed by atoms with Crippen LogP contribution < -0.4 is 11.1 Å². The average Bonchev–Trinajstić information content (AvgIpc) is 2.64. The third kappa shape index (κ3) is 4.12. The summed E-state index contributed by atoms with van der Waals surface area (Å²) >= 11 is 0. The number of aryl methyl sites for hydroxylation is 1. The molecule has 1 amide bonds. The number of nitrogens with zero attached hydrogens (tertiary/aromatic N) is 2. The second-order valence-electron chi connectivity index (χ2n) is 6.86. The van der Waals surface area contributed by atoms with Crippen molar-refractivity contribution in [2.24, 2.45) is 0 Å². The molecule has 2 heterocycles. The maximum absolute atomic E-state index is 13.0. The largest absolute Gasteiger partial charge is 0.384 e. The number of nitrogens with one attached hydrogen (secondary N) is 1. The zero-order chi connectivity index (χ0) is 19.6. The van der Waals surface area contributed by atoms with Gasteiger partial charge in [-0.05, 0) is 56.5 Å². The van der Waals surface area contributed by atoms with Crippen molar-refractivity contribution in [1.29, 1.82) is 0 Å². The number of pyridine rings is 1. The topological polar surface area (TPSA) is 105 Å². The van der Waals surface area contributed by atoms with Gasteiger partial charge >= 0.3 is 0 Å². The Morgan fingerprint density at radius 3 is 2.70 bits per heavy atom. The minimum atomic E-state index is -3.64. The number of carbonyl (C=O) groups is 1. The lowest BCUT2D eigenvalue weighted by molar-refractivity contribution is 0.102. The highest BCUT2D eigenvalue weighted by molar-refractivity contribution is 7.89. The molecule has 1 unspecified atom stereocenters. The first-order chi connectivity index (χ1) is 12.8. The molecule has 1 saturated heterocycles. The SMILES string of the molecule is Cc1ccc(S(=O)(=O)N2CCCCC2C)cc1C(=O)Nc1ccc(N)nc1. The second kappa shape index (κ2) is 7.66. The molecule has 1 aliphatic heterocycles. The molecule has 0 bridgehead atoms. The number of nitrogens with two attached hydrogens (primary N) is 1. The Balaban J connectivity index is 1.89. The molecule has 1 atom stereocenters. The summed E-state index contributed by atoms with van der Waals surface area (Å²) in [6.45, 7) is 4.21. The monoisotopic (exact) mass is 388 g/mol. The Kier molecular flexibility index (Phi) is 5.48. The van der Waals surface area contributed by atoms with E-state index < -0.39 is 10.0 Å². The Morgan fingerprint density at radius 2 is 2.04 bits per heavy atom. The summed E-state index contributed by atoms with van der Waals surface area (Å²) < 4.78 is 27.6. The summed E-state index contributed by atoms with van der Waals surface area (Å²) in [4.78, 5) is 16.7. The molecule has 1 aromatic heterocycles. The molecule has 0 radical (unpaired) electrons. The molecule has 3 N–H and O–H groups in total. The van der Waals surface area contributed by atoms with Crippen LogP contribution in [0, 0.1) is 6.92 Å². The third-order valence-electron chi connectivity index (χ3n) is 4.85. The van der Waals surface area contributed by atoms with E-state index in [2.05, 4.69) is 10.3 Å². The summed E-state index contributed by atoms with van der Waals surface area (Å²) in [5.74, 6) is -0.0317. The number of hydrogen-bond donors (Lipinski definition) is 2. The van der Waals surface area contributed by atoms with Crippen molar-refractivity contribution in [1.82, 2.24) is 9.29 Å². The number of nitrogen functional groups attached to an aromatic ring is 1. The summed E-state index contributed by atoms with van der Waals surface area (Å²) in [6, 6.07) is 7.87. The lowest BCUT2D eigenvalue weighted by atomic mass is 10.1. The molecule has 1 aliphatic rings. The van der Waals surface area contributed by atoms with Crippen LogP contribution in [0.2, 0.25) is 0 Å². The summed E-state index contributed by atoms with van der Waals surface area (Å²) in [7, 11) is -3.64. The Morgan fingerprint density at radius 1 is 1.26 bits per heavy atom. The normalized spacial score (nSPS) is 18.2. The van der Waals surface area contributed by atoms with E-state index in [9.17, 15) is 13.2 Å². The second-order valence-corrected chi connectivity index (χ2v) is 8.75. The first-order valence-electron chi connectivity index (χ1n) is 8.94. The van der Waals surface area contributed by atoms with E-state index in [1.165, 1.54) is 16.6 Å². The van der Waals surface area contributed by atoms with E-state index in [4.69, 9.17) is 5.73 Å². The van der Waals surface area contributed by atoms with E-state index in [0.29, 0.717) is 29.2 Å². The van der Waals surface area contributed by atoms with Crippen molar-refractivity contribution in [3.8, 4) is 0 Å². The predicted molar refractivity (Wildman–Crippen MR) is 105 cm³/mol. The Bertz CT molecular complexity index is 942. The van der Waals surface area contributed by atoms with Crippen LogP contribution in [-0.2, 0) is 10.0 Å². The maximum Gasteiger partial charge on any atom is 0.256 e. The molecule has 144 valence electrons. The van der Waals surface area contributed by atoms with Gasteiger partial charge in [0, 0.05) is 18.2 Å². The minimum Gasteiger partial charge on any atom is -0.384 e. The first kappa shape index (κ1) is 19.3. The Labute approximate surface area is 159 Å². The molecule has 8 heteroatoms. The van der Waals surface area contributed by atoms with E-state index in [-0.39, 0.29) is 16.8 Å². The van der Waals surface area contributed by atoms with Gasteiger partial charge in [-0.3, -0.25) is 4.79 Å². The van der Waals surface area contributed by atoms with Gasteiger partial charge in [0.25, 0.3) is 5.91 Å². The fourth-order valence-electron chi connectivity index (χ4n) is 3.25. The van der Waals surface area contributed by atoms with Crippen molar-refractivity contribution in [2.75, 3.05) is 17.6 Å².